The van der Waals surface area contributed by atoms with Gasteiger partial charge in [0.05, 0.1) is 23.8 Å². The van der Waals surface area contributed by atoms with Gasteiger partial charge in [0.1, 0.15) is 17.7 Å². The molecular weight excluding hydrogens is 316 g/mol. The zero-order valence-corrected chi connectivity index (χ0v) is 13.9. The number of aliphatic imine (C=N–C) groups is 1. The van der Waals surface area contributed by atoms with Crippen molar-refractivity contribution in [2.24, 2.45) is 10.9 Å². The third kappa shape index (κ3) is 3.40. The summed E-state index contributed by atoms with van der Waals surface area (Å²) in [7, 11) is 0. The lowest BCUT2D eigenvalue weighted by molar-refractivity contribution is -0.146. The summed E-state index contributed by atoms with van der Waals surface area (Å²) in [4.78, 5) is 16.7. The molecule has 0 radical (unpaired) electrons. The van der Waals surface area contributed by atoms with E-state index in [1.807, 2.05) is 12.1 Å². The Balaban J connectivity index is 2.74. The number of rotatable bonds is 4. The molecule has 0 amide bonds. The van der Waals surface area contributed by atoms with Gasteiger partial charge in [-0.05, 0) is 19.4 Å². The van der Waals surface area contributed by atoms with Gasteiger partial charge < -0.3 is 10.1 Å². The van der Waals surface area contributed by atoms with Crippen LogP contribution in [0.1, 0.15) is 25.3 Å². The highest BCUT2D eigenvalue weighted by Crippen LogP contribution is 2.40. The van der Waals surface area contributed by atoms with E-state index in [1.54, 1.807) is 50.1 Å². The van der Waals surface area contributed by atoms with Crippen molar-refractivity contribution in [1.29, 1.82) is 10.5 Å². The number of esters is 1. The first-order chi connectivity index (χ1) is 12.1. The van der Waals surface area contributed by atoms with Crippen LogP contribution in [0.2, 0.25) is 0 Å². The van der Waals surface area contributed by atoms with E-state index < -0.39 is 17.8 Å². The second kappa shape index (κ2) is 7.88. The van der Waals surface area contributed by atoms with Crippen molar-refractivity contribution >= 4 is 17.6 Å². The van der Waals surface area contributed by atoms with Gasteiger partial charge in [0, 0.05) is 11.6 Å². The highest BCUT2D eigenvalue weighted by Gasteiger charge is 2.40. The normalized spacial score (nSPS) is 19.1. The standard InChI is InChI=1S/C19H15N4O2/c1-3-25-19(24)16-12(2)23-18(14(9-20)10-21)15(11-22)17(16)13-7-5-4-6-8-13/h4-8,16-17H,3H2,1-2H3/q-1/t16?,17-/m0/s1. The Morgan fingerprint density at radius 3 is 2.52 bits per heavy atom. The van der Waals surface area contributed by atoms with Crippen molar-refractivity contribution in [1.82, 2.24) is 0 Å². The van der Waals surface area contributed by atoms with Crippen molar-refractivity contribution < 1.29 is 9.53 Å². The number of ether oxygens (including phenoxy) is 1. The molecule has 6 nitrogen and oxygen atoms in total. The molecule has 1 unspecified atom stereocenters. The van der Waals surface area contributed by atoms with E-state index in [1.165, 1.54) is 0 Å². The van der Waals surface area contributed by atoms with Gasteiger partial charge in [-0.3, -0.25) is 9.79 Å². The monoisotopic (exact) mass is 331 g/mol. The molecule has 2 rings (SSSR count). The summed E-state index contributed by atoms with van der Waals surface area (Å²) in [5.74, 6) is -0.152. The molecule has 1 aromatic carbocycles. The number of nitriles is 2. The van der Waals surface area contributed by atoms with Gasteiger partial charge in [0.25, 0.3) is 0 Å². The van der Waals surface area contributed by atoms with Crippen LogP contribution >= 0.6 is 0 Å². The Labute approximate surface area is 145 Å². The van der Waals surface area contributed by atoms with Crippen LogP contribution in [0.3, 0.4) is 0 Å². The molecule has 0 saturated carbocycles. The second-order valence-electron chi connectivity index (χ2n) is 5.34. The zero-order chi connectivity index (χ0) is 18.4. The van der Waals surface area contributed by atoms with Crippen LogP contribution in [-0.4, -0.2) is 24.2 Å². The maximum atomic E-state index is 12.5. The van der Waals surface area contributed by atoms with Crippen molar-refractivity contribution in [2.75, 3.05) is 6.61 Å². The molecular formula is C19H15N4O2-. The Hall–Kier alpha value is -3.47. The molecule has 1 heterocycles. The SMILES string of the molecule is CCOC(=O)C1C(C)=NC(C(=C=[N-])C#N)=C(C#N)[C@@H]1c1ccccc1. The second-order valence-corrected chi connectivity index (χ2v) is 5.34. The fourth-order valence-corrected chi connectivity index (χ4v) is 2.86. The van der Waals surface area contributed by atoms with Gasteiger partial charge in [-0.2, -0.15) is 10.5 Å². The minimum Gasteiger partial charge on any atom is -0.762 e. The van der Waals surface area contributed by atoms with Gasteiger partial charge in [-0.15, -0.1) is 0 Å². The summed E-state index contributed by atoms with van der Waals surface area (Å²) in [6, 6.07) is 12.8. The van der Waals surface area contributed by atoms with Gasteiger partial charge in [-0.1, -0.05) is 30.3 Å². The molecule has 124 valence electrons. The van der Waals surface area contributed by atoms with Crippen LogP contribution in [0, 0.1) is 28.6 Å². The van der Waals surface area contributed by atoms with E-state index >= 15 is 0 Å². The average molecular weight is 331 g/mol. The highest BCUT2D eigenvalue weighted by atomic mass is 16.5. The lowest BCUT2D eigenvalue weighted by atomic mass is 9.75. The molecule has 0 saturated heterocycles. The number of nitrogens with zero attached hydrogens (tertiary/aromatic N) is 4. The minimum atomic E-state index is -0.778. The Kier molecular flexibility index (Phi) is 5.63. The summed E-state index contributed by atoms with van der Waals surface area (Å²) < 4.78 is 5.16. The fourth-order valence-electron chi connectivity index (χ4n) is 2.86. The molecule has 0 spiro atoms. The zero-order valence-electron chi connectivity index (χ0n) is 13.9. The van der Waals surface area contributed by atoms with E-state index in [-0.39, 0.29) is 23.5 Å². The lowest BCUT2D eigenvalue weighted by Crippen LogP contribution is -2.34. The van der Waals surface area contributed by atoms with Crippen molar-refractivity contribution in [2.45, 2.75) is 19.8 Å². The predicted octanol–water partition coefficient (Wildman–Crippen LogP) is 2.89. The number of allylic oxidation sites excluding steroid dienone is 2. The van der Waals surface area contributed by atoms with E-state index in [0.717, 1.165) is 5.56 Å². The Morgan fingerprint density at radius 1 is 1.32 bits per heavy atom. The molecule has 1 aliphatic heterocycles. The third-order valence-electron chi connectivity index (χ3n) is 3.92. The molecule has 6 heteroatoms. The molecule has 1 aliphatic rings. The number of benzene rings is 1. The van der Waals surface area contributed by atoms with Crippen LogP contribution in [-0.2, 0) is 9.53 Å². The molecule has 0 aliphatic carbocycles. The largest absolute Gasteiger partial charge is 0.762 e. The summed E-state index contributed by atoms with van der Waals surface area (Å²) in [5.41, 5.74) is 1.02. The molecule has 2 atom stereocenters. The third-order valence-corrected chi connectivity index (χ3v) is 3.92. The first-order valence-corrected chi connectivity index (χ1v) is 7.67. The maximum absolute atomic E-state index is 12.5. The molecule has 0 aromatic heterocycles. The molecule has 25 heavy (non-hydrogen) atoms. The van der Waals surface area contributed by atoms with Crippen molar-refractivity contribution in [3.05, 3.63) is 58.1 Å². The number of hydrogen-bond donors (Lipinski definition) is 0. The van der Waals surface area contributed by atoms with Crippen LogP contribution in [0.25, 0.3) is 5.41 Å². The Bertz CT molecular complexity index is 878. The molecule has 1 aromatic rings. The summed E-state index contributed by atoms with van der Waals surface area (Å²) >= 11 is 0. The number of hydrogen-bond acceptors (Lipinski definition) is 5. The van der Waals surface area contributed by atoms with Crippen LogP contribution < -0.4 is 0 Å². The van der Waals surface area contributed by atoms with Crippen molar-refractivity contribution in [3.8, 4) is 12.1 Å². The van der Waals surface area contributed by atoms with Gasteiger partial charge in [0.2, 0.25) is 0 Å². The minimum absolute atomic E-state index is 0.0272. The summed E-state index contributed by atoms with van der Waals surface area (Å²) in [6.45, 7) is 3.54. The van der Waals surface area contributed by atoms with E-state index in [9.17, 15) is 20.7 Å². The van der Waals surface area contributed by atoms with E-state index in [0.29, 0.717) is 5.71 Å². The predicted molar refractivity (Wildman–Crippen MR) is 92.5 cm³/mol. The number of carbonyl (C=O) groups is 1. The van der Waals surface area contributed by atoms with Crippen LogP contribution in [0.5, 0.6) is 0 Å². The van der Waals surface area contributed by atoms with E-state index in [4.69, 9.17) is 4.74 Å². The van der Waals surface area contributed by atoms with Gasteiger partial charge in [0.15, 0.2) is 0 Å². The van der Waals surface area contributed by atoms with Crippen LogP contribution in [0.4, 0.5) is 0 Å². The molecule has 0 bridgehead atoms. The molecule has 0 fully saturated rings. The first-order valence-electron chi connectivity index (χ1n) is 7.67. The fraction of sp³-hybridized carbons (Fsp3) is 0.263. The average Bonchev–Trinajstić information content (AvgIpc) is 2.63. The lowest BCUT2D eigenvalue weighted by Gasteiger charge is -2.30. The summed E-state index contributed by atoms with van der Waals surface area (Å²) in [6.07, 6.45) is 0. The van der Waals surface area contributed by atoms with Crippen LogP contribution in [0.15, 0.2) is 52.2 Å². The van der Waals surface area contributed by atoms with Gasteiger partial charge >= 0.3 is 5.97 Å². The smallest absolute Gasteiger partial charge is 0.315 e. The number of carbonyl (C=O) groups excluding carboxylic acids is 1. The maximum Gasteiger partial charge on any atom is 0.315 e. The first kappa shape index (κ1) is 17.9. The molecule has 0 N–H and O–H groups in total. The van der Waals surface area contributed by atoms with E-state index in [2.05, 4.69) is 4.99 Å². The highest BCUT2D eigenvalue weighted by molar-refractivity contribution is 6.04. The van der Waals surface area contributed by atoms with Gasteiger partial charge in [-0.25, -0.2) is 5.87 Å². The Morgan fingerprint density at radius 2 is 2.00 bits per heavy atom. The quantitative estimate of drug-likeness (QED) is 0.480. The topological polar surface area (TPSA) is 109 Å². The van der Waals surface area contributed by atoms with Crippen molar-refractivity contribution in [3.63, 3.8) is 0 Å². The summed E-state index contributed by atoms with van der Waals surface area (Å²) in [5, 5.41) is 28.0.